The van der Waals surface area contributed by atoms with Gasteiger partial charge in [0.25, 0.3) is 5.91 Å². The van der Waals surface area contributed by atoms with Crippen LogP contribution in [0.2, 0.25) is 0 Å². The molecule has 4 heteroatoms. The first-order chi connectivity index (χ1) is 10.7. The minimum Gasteiger partial charge on any atom is -0.347 e. The van der Waals surface area contributed by atoms with Crippen molar-refractivity contribution in [1.82, 2.24) is 15.2 Å². The van der Waals surface area contributed by atoms with Crippen molar-refractivity contribution >= 4 is 5.91 Å². The van der Waals surface area contributed by atoms with Crippen molar-refractivity contribution in [3.8, 4) is 0 Å². The summed E-state index contributed by atoms with van der Waals surface area (Å²) in [5.74, 6) is -0.0207. The van der Waals surface area contributed by atoms with Crippen molar-refractivity contribution in [1.29, 1.82) is 0 Å². The van der Waals surface area contributed by atoms with Crippen LogP contribution < -0.4 is 5.32 Å². The number of nitrogens with zero attached hydrogens (tertiary/aromatic N) is 2. The molecule has 112 valence electrons. The Bertz CT molecular complexity index is 740. The second kappa shape index (κ2) is 5.21. The lowest BCUT2D eigenvalue weighted by Gasteiger charge is -2.30. The minimum absolute atomic E-state index is 0.0207. The molecule has 1 N–H and O–H groups in total. The van der Waals surface area contributed by atoms with Crippen molar-refractivity contribution in [2.24, 2.45) is 0 Å². The van der Waals surface area contributed by atoms with Gasteiger partial charge in [0.2, 0.25) is 0 Å². The Kier molecular flexibility index (Phi) is 3.19. The predicted octanol–water partition coefficient (Wildman–Crippen LogP) is 2.19. The first-order valence-electron chi connectivity index (χ1n) is 7.78. The van der Waals surface area contributed by atoms with Gasteiger partial charge in [-0.25, -0.2) is 4.98 Å². The van der Waals surface area contributed by atoms with Crippen molar-refractivity contribution in [2.75, 3.05) is 6.54 Å². The van der Waals surface area contributed by atoms with Gasteiger partial charge in [-0.2, -0.15) is 0 Å². The highest BCUT2D eigenvalue weighted by atomic mass is 16.2. The summed E-state index contributed by atoms with van der Waals surface area (Å²) in [6, 6.07) is 10.6. The molecule has 1 aromatic heterocycles. The number of fused-ring (bicyclic) bond motifs is 2. The Balaban J connectivity index is 1.62. The maximum absolute atomic E-state index is 11.8. The van der Waals surface area contributed by atoms with E-state index in [1.54, 1.807) is 0 Å². The van der Waals surface area contributed by atoms with Crippen LogP contribution >= 0.6 is 0 Å². The van der Waals surface area contributed by atoms with Crippen LogP contribution in [0.4, 0.5) is 0 Å². The molecule has 22 heavy (non-hydrogen) atoms. The van der Waals surface area contributed by atoms with E-state index >= 15 is 0 Å². The average Bonchev–Trinajstić information content (AvgIpc) is 2.91. The molecule has 0 atom stereocenters. The highest BCUT2D eigenvalue weighted by molar-refractivity contribution is 5.97. The molecule has 0 bridgehead atoms. The highest BCUT2D eigenvalue weighted by Crippen LogP contribution is 2.28. The van der Waals surface area contributed by atoms with Crippen LogP contribution in [-0.2, 0) is 26.1 Å². The first-order valence-corrected chi connectivity index (χ1v) is 7.78. The number of rotatable bonds is 2. The van der Waals surface area contributed by atoms with E-state index < -0.39 is 0 Å². The summed E-state index contributed by atoms with van der Waals surface area (Å²) < 4.78 is 0. The Labute approximate surface area is 130 Å². The van der Waals surface area contributed by atoms with E-state index in [1.165, 1.54) is 16.7 Å². The number of aromatic nitrogens is 1. The Morgan fingerprint density at radius 3 is 2.86 bits per heavy atom. The Morgan fingerprint density at radius 2 is 2.05 bits per heavy atom. The third-order valence-electron chi connectivity index (χ3n) is 4.72. The average molecular weight is 293 g/mol. The first kappa shape index (κ1) is 13.5. The molecule has 1 aromatic carbocycles. The van der Waals surface area contributed by atoms with Gasteiger partial charge < -0.3 is 5.32 Å². The lowest BCUT2D eigenvalue weighted by Crippen LogP contribution is -2.32. The molecule has 1 amide bonds. The van der Waals surface area contributed by atoms with E-state index in [1.807, 2.05) is 0 Å². The molecule has 4 nitrogen and oxygen atoms in total. The molecule has 0 aliphatic carbocycles. The molecule has 0 saturated carbocycles. The fourth-order valence-corrected chi connectivity index (χ4v) is 3.46. The summed E-state index contributed by atoms with van der Waals surface area (Å²) in [4.78, 5) is 18.9. The normalized spacial score (nSPS) is 17.0. The zero-order chi connectivity index (χ0) is 15.1. The van der Waals surface area contributed by atoms with Gasteiger partial charge in [0.1, 0.15) is 5.69 Å². The number of amides is 1. The lowest BCUT2D eigenvalue weighted by atomic mass is 9.95. The van der Waals surface area contributed by atoms with Crippen molar-refractivity contribution in [3.05, 3.63) is 64.0 Å². The maximum Gasteiger partial charge on any atom is 0.270 e. The second-order valence-corrected chi connectivity index (χ2v) is 6.12. The molecule has 0 fully saturated rings. The number of nitrogens with one attached hydrogen (secondary N) is 1. The molecule has 0 spiro atoms. The third-order valence-corrected chi connectivity index (χ3v) is 4.72. The largest absolute Gasteiger partial charge is 0.347 e. The zero-order valence-corrected chi connectivity index (χ0v) is 12.7. The molecule has 2 aliphatic heterocycles. The summed E-state index contributed by atoms with van der Waals surface area (Å²) in [6.07, 6.45) is 0.920. The van der Waals surface area contributed by atoms with E-state index in [4.69, 9.17) is 0 Å². The smallest absolute Gasteiger partial charge is 0.270 e. The number of carbonyl (C=O) groups excluding carboxylic acids is 1. The van der Waals surface area contributed by atoms with Gasteiger partial charge in [-0.15, -0.1) is 0 Å². The molecule has 4 rings (SSSR count). The highest BCUT2D eigenvalue weighted by Gasteiger charge is 2.28. The van der Waals surface area contributed by atoms with Gasteiger partial charge in [0, 0.05) is 43.9 Å². The molecular formula is C18H19N3O. The molecule has 2 aliphatic rings. The van der Waals surface area contributed by atoms with Crippen LogP contribution in [0.3, 0.4) is 0 Å². The summed E-state index contributed by atoms with van der Waals surface area (Å²) >= 11 is 0. The van der Waals surface area contributed by atoms with Crippen LogP contribution in [0, 0.1) is 6.92 Å². The van der Waals surface area contributed by atoms with E-state index in [0.29, 0.717) is 12.2 Å². The maximum atomic E-state index is 11.8. The van der Waals surface area contributed by atoms with Crippen LogP contribution in [0.5, 0.6) is 0 Å². The SMILES string of the molecule is Cc1c2c(nc3c1CNC3=O)CCN(Cc1ccccc1)C2. The molecule has 0 radical (unpaired) electrons. The Hall–Kier alpha value is -2.20. The van der Waals surface area contributed by atoms with Gasteiger partial charge in [-0.05, 0) is 23.6 Å². The summed E-state index contributed by atoms with van der Waals surface area (Å²) in [6.45, 7) is 5.64. The number of carbonyl (C=O) groups is 1. The fourth-order valence-electron chi connectivity index (χ4n) is 3.46. The zero-order valence-electron chi connectivity index (χ0n) is 12.7. The number of benzene rings is 1. The quantitative estimate of drug-likeness (QED) is 0.923. The van der Waals surface area contributed by atoms with Crippen LogP contribution in [0.15, 0.2) is 30.3 Å². The number of hydrogen-bond donors (Lipinski definition) is 1. The van der Waals surface area contributed by atoms with Crippen molar-refractivity contribution in [3.63, 3.8) is 0 Å². The molecule has 0 unspecified atom stereocenters. The Morgan fingerprint density at radius 1 is 1.23 bits per heavy atom. The number of pyridine rings is 1. The fraction of sp³-hybridized carbons (Fsp3) is 0.333. The topological polar surface area (TPSA) is 45.2 Å². The molecular weight excluding hydrogens is 274 g/mol. The van der Waals surface area contributed by atoms with Crippen LogP contribution in [0.25, 0.3) is 0 Å². The molecule has 3 heterocycles. The lowest BCUT2D eigenvalue weighted by molar-refractivity contribution is 0.0961. The van der Waals surface area contributed by atoms with E-state index in [2.05, 4.69) is 52.5 Å². The number of hydrogen-bond acceptors (Lipinski definition) is 3. The van der Waals surface area contributed by atoms with Gasteiger partial charge in [0.15, 0.2) is 0 Å². The van der Waals surface area contributed by atoms with Gasteiger partial charge in [-0.3, -0.25) is 9.69 Å². The van der Waals surface area contributed by atoms with Crippen molar-refractivity contribution < 1.29 is 4.79 Å². The van der Waals surface area contributed by atoms with Gasteiger partial charge in [-0.1, -0.05) is 30.3 Å². The monoisotopic (exact) mass is 293 g/mol. The predicted molar refractivity (Wildman–Crippen MR) is 84.4 cm³/mol. The van der Waals surface area contributed by atoms with Gasteiger partial charge in [0.05, 0.1) is 0 Å². The van der Waals surface area contributed by atoms with E-state index in [0.717, 1.165) is 37.3 Å². The summed E-state index contributed by atoms with van der Waals surface area (Å²) in [5, 5.41) is 2.88. The van der Waals surface area contributed by atoms with Crippen LogP contribution in [0.1, 0.15) is 38.4 Å². The summed E-state index contributed by atoms with van der Waals surface area (Å²) in [7, 11) is 0. The van der Waals surface area contributed by atoms with Crippen molar-refractivity contribution in [2.45, 2.75) is 33.0 Å². The van der Waals surface area contributed by atoms with E-state index in [9.17, 15) is 4.79 Å². The van der Waals surface area contributed by atoms with Gasteiger partial charge >= 0.3 is 0 Å². The summed E-state index contributed by atoms with van der Waals surface area (Å²) in [5.41, 5.74) is 6.75. The third kappa shape index (κ3) is 2.20. The standard InChI is InChI=1S/C18H19N3O/c1-12-14-9-19-18(22)17(14)20-16-7-8-21(11-15(12)16)10-13-5-3-2-4-6-13/h2-6H,7-11H2,1H3,(H,19,22). The minimum atomic E-state index is -0.0207. The van der Waals surface area contributed by atoms with Crippen LogP contribution in [-0.4, -0.2) is 22.3 Å². The second-order valence-electron chi connectivity index (χ2n) is 6.12. The molecule has 2 aromatic rings. The molecule has 0 saturated heterocycles. The van der Waals surface area contributed by atoms with E-state index in [-0.39, 0.29) is 5.91 Å².